The summed E-state index contributed by atoms with van der Waals surface area (Å²) in [6, 6.07) is 17.7. The summed E-state index contributed by atoms with van der Waals surface area (Å²) >= 11 is 0. The molecule has 4 rings (SSSR count). The molecule has 158 valence electrons. The number of carbonyl (C=O) groups is 2. The van der Waals surface area contributed by atoms with E-state index in [1.807, 2.05) is 37.3 Å². The number of ether oxygens (including phenoxy) is 3. The Bertz CT molecular complexity index is 1240. The molecule has 0 saturated heterocycles. The molecule has 0 fully saturated rings. The van der Waals surface area contributed by atoms with E-state index in [0.717, 1.165) is 16.4 Å². The molecule has 7 heteroatoms. The summed E-state index contributed by atoms with van der Waals surface area (Å²) in [6.07, 6.45) is 0. The van der Waals surface area contributed by atoms with Crippen LogP contribution < -0.4 is 14.8 Å². The molecule has 1 amide bonds. The van der Waals surface area contributed by atoms with Crippen molar-refractivity contribution in [2.75, 3.05) is 25.6 Å². The zero-order chi connectivity index (χ0) is 21.8. The van der Waals surface area contributed by atoms with Gasteiger partial charge in [-0.25, -0.2) is 4.79 Å². The lowest BCUT2D eigenvalue weighted by molar-refractivity contribution is -0.119. The lowest BCUT2D eigenvalue weighted by Crippen LogP contribution is -2.21. The average molecular weight is 419 g/mol. The Morgan fingerprint density at radius 1 is 0.968 bits per heavy atom. The maximum absolute atomic E-state index is 12.4. The first-order valence-electron chi connectivity index (χ1n) is 9.78. The monoisotopic (exact) mass is 419 g/mol. The highest BCUT2D eigenvalue weighted by atomic mass is 16.5. The normalized spacial score (nSPS) is 10.8. The van der Waals surface area contributed by atoms with Gasteiger partial charge in [0.25, 0.3) is 5.91 Å². The first kappa shape index (κ1) is 20.3. The molecule has 0 aliphatic carbocycles. The predicted molar refractivity (Wildman–Crippen MR) is 117 cm³/mol. The topological polar surface area (TPSA) is 87.0 Å². The van der Waals surface area contributed by atoms with Crippen LogP contribution in [0.15, 0.2) is 65.1 Å². The first-order chi connectivity index (χ1) is 15.1. The third-order valence-corrected chi connectivity index (χ3v) is 4.71. The molecule has 3 aromatic carbocycles. The average Bonchev–Trinajstić information content (AvgIpc) is 3.15. The Morgan fingerprint density at radius 2 is 1.74 bits per heavy atom. The molecule has 0 atom stereocenters. The standard InChI is InChI=1S/C24H21NO6/c1-3-29-16-10-8-15(9-11-16)24(27)30-14-23(26)25-19-13-21-18(12-22(19)28-2)17-6-4-5-7-20(17)31-21/h4-13H,3,14H2,1-2H3,(H,25,26). The number of furan rings is 1. The second-order valence-corrected chi connectivity index (χ2v) is 6.73. The quantitative estimate of drug-likeness (QED) is 0.434. The van der Waals surface area contributed by atoms with Gasteiger partial charge in [0.1, 0.15) is 22.7 Å². The van der Waals surface area contributed by atoms with E-state index in [9.17, 15) is 9.59 Å². The number of esters is 1. The van der Waals surface area contributed by atoms with E-state index in [2.05, 4.69) is 5.32 Å². The lowest BCUT2D eigenvalue weighted by atomic mass is 10.1. The number of anilines is 1. The third-order valence-electron chi connectivity index (χ3n) is 4.71. The molecule has 0 aliphatic heterocycles. The van der Waals surface area contributed by atoms with Gasteiger partial charge >= 0.3 is 5.97 Å². The number of fused-ring (bicyclic) bond motifs is 3. The third kappa shape index (κ3) is 4.30. The van der Waals surface area contributed by atoms with Crippen LogP contribution in [0, 0.1) is 0 Å². The van der Waals surface area contributed by atoms with E-state index in [1.165, 1.54) is 7.11 Å². The molecule has 0 radical (unpaired) electrons. The number of benzene rings is 3. The maximum Gasteiger partial charge on any atom is 0.338 e. The van der Waals surface area contributed by atoms with Crippen molar-refractivity contribution in [3.05, 3.63) is 66.2 Å². The van der Waals surface area contributed by atoms with E-state index in [-0.39, 0.29) is 0 Å². The van der Waals surface area contributed by atoms with E-state index < -0.39 is 18.5 Å². The minimum Gasteiger partial charge on any atom is -0.495 e. The lowest BCUT2D eigenvalue weighted by Gasteiger charge is -2.11. The SMILES string of the molecule is CCOc1ccc(C(=O)OCC(=O)Nc2cc3oc4ccccc4c3cc2OC)cc1. The van der Waals surface area contributed by atoms with Crippen molar-refractivity contribution < 1.29 is 28.2 Å². The van der Waals surface area contributed by atoms with Gasteiger partial charge in [0, 0.05) is 16.8 Å². The van der Waals surface area contributed by atoms with Gasteiger partial charge in [-0.2, -0.15) is 0 Å². The van der Waals surface area contributed by atoms with Crippen molar-refractivity contribution in [1.82, 2.24) is 0 Å². The van der Waals surface area contributed by atoms with Crippen LogP contribution in [0.3, 0.4) is 0 Å². The van der Waals surface area contributed by atoms with Crippen molar-refractivity contribution in [3.63, 3.8) is 0 Å². The molecule has 0 unspecified atom stereocenters. The van der Waals surface area contributed by atoms with Gasteiger partial charge in [0.05, 0.1) is 25.0 Å². The maximum atomic E-state index is 12.4. The molecule has 0 spiro atoms. The molecule has 0 aliphatic rings. The summed E-state index contributed by atoms with van der Waals surface area (Å²) in [4.78, 5) is 24.6. The summed E-state index contributed by atoms with van der Waals surface area (Å²) < 4.78 is 21.7. The summed E-state index contributed by atoms with van der Waals surface area (Å²) in [6.45, 7) is 1.97. The molecular formula is C24H21NO6. The van der Waals surface area contributed by atoms with Crippen LogP contribution in [0.4, 0.5) is 5.69 Å². The number of methoxy groups -OCH3 is 1. The van der Waals surface area contributed by atoms with Crippen LogP contribution in [-0.4, -0.2) is 32.2 Å². The Hall–Kier alpha value is -4.00. The fraction of sp³-hybridized carbons (Fsp3) is 0.167. The predicted octanol–water partition coefficient (Wildman–Crippen LogP) is 4.79. The minimum atomic E-state index is -0.599. The number of nitrogens with one attached hydrogen (secondary N) is 1. The van der Waals surface area contributed by atoms with Crippen LogP contribution in [0.1, 0.15) is 17.3 Å². The second-order valence-electron chi connectivity index (χ2n) is 6.73. The van der Waals surface area contributed by atoms with Gasteiger partial charge in [0.15, 0.2) is 6.61 Å². The van der Waals surface area contributed by atoms with Crippen LogP contribution in [0.2, 0.25) is 0 Å². The van der Waals surface area contributed by atoms with Gasteiger partial charge in [-0.1, -0.05) is 18.2 Å². The molecule has 1 aromatic heterocycles. The summed E-state index contributed by atoms with van der Waals surface area (Å²) in [5.74, 6) is 0.0426. The van der Waals surface area contributed by atoms with Crippen molar-refractivity contribution in [3.8, 4) is 11.5 Å². The number of para-hydroxylation sites is 1. The largest absolute Gasteiger partial charge is 0.495 e. The van der Waals surface area contributed by atoms with E-state index >= 15 is 0 Å². The number of rotatable bonds is 7. The fourth-order valence-corrected chi connectivity index (χ4v) is 3.27. The van der Waals surface area contributed by atoms with Crippen LogP contribution in [-0.2, 0) is 9.53 Å². The highest BCUT2D eigenvalue weighted by Gasteiger charge is 2.15. The van der Waals surface area contributed by atoms with Crippen molar-refractivity contribution in [2.45, 2.75) is 6.92 Å². The van der Waals surface area contributed by atoms with Crippen LogP contribution in [0.25, 0.3) is 21.9 Å². The summed E-state index contributed by atoms with van der Waals surface area (Å²) in [5.41, 5.74) is 2.12. The van der Waals surface area contributed by atoms with Gasteiger partial charge in [-0.05, 0) is 43.3 Å². The fourth-order valence-electron chi connectivity index (χ4n) is 3.27. The van der Waals surface area contributed by atoms with Gasteiger partial charge in [0.2, 0.25) is 0 Å². The Balaban J connectivity index is 1.45. The number of hydrogen-bond acceptors (Lipinski definition) is 6. The number of hydrogen-bond donors (Lipinski definition) is 1. The van der Waals surface area contributed by atoms with Crippen LogP contribution >= 0.6 is 0 Å². The summed E-state index contributed by atoms with van der Waals surface area (Å²) in [7, 11) is 1.52. The molecule has 1 heterocycles. The van der Waals surface area contributed by atoms with Gasteiger partial charge in [-0.15, -0.1) is 0 Å². The highest BCUT2D eigenvalue weighted by Crippen LogP contribution is 2.36. The highest BCUT2D eigenvalue weighted by molar-refractivity contribution is 6.08. The Kier molecular flexibility index (Phi) is 5.75. The Morgan fingerprint density at radius 3 is 2.48 bits per heavy atom. The van der Waals surface area contributed by atoms with Crippen molar-refractivity contribution in [1.29, 1.82) is 0 Å². The molecule has 4 aromatic rings. The first-order valence-corrected chi connectivity index (χ1v) is 9.78. The number of amides is 1. The summed E-state index contributed by atoms with van der Waals surface area (Å²) in [5, 5.41) is 4.55. The molecule has 0 saturated carbocycles. The minimum absolute atomic E-state index is 0.331. The van der Waals surface area contributed by atoms with Gasteiger partial charge < -0.3 is 23.9 Å². The van der Waals surface area contributed by atoms with Crippen molar-refractivity contribution >= 4 is 39.5 Å². The molecule has 31 heavy (non-hydrogen) atoms. The molecule has 0 bridgehead atoms. The Labute approximate surface area is 178 Å². The van der Waals surface area contributed by atoms with E-state index in [0.29, 0.717) is 34.9 Å². The van der Waals surface area contributed by atoms with E-state index in [1.54, 1.807) is 30.3 Å². The van der Waals surface area contributed by atoms with E-state index in [4.69, 9.17) is 18.6 Å². The van der Waals surface area contributed by atoms with Gasteiger partial charge in [-0.3, -0.25) is 4.79 Å². The van der Waals surface area contributed by atoms with Crippen molar-refractivity contribution in [2.24, 2.45) is 0 Å². The molecular weight excluding hydrogens is 398 g/mol. The smallest absolute Gasteiger partial charge is 0.338 e. The molecule has 1 N–H and O–H groups in total. The zero-order valence-electron chi connectivity index (χ0n) is 17.1. The zero-order valence-corrected chi connectivity index (χ0v) is 17.1. The van der Waals surface area contributed by atoms with Crippen LogP contribution in [0.5, 0.6) is 11.5 Å². The second kappa shape index (κ2) is 8.79. The number of carbonyl (C=O) groups excluding carboxylic acids is 2. The molecule has 7 nitrogen and oxygen atoms in total.